The van der Waals surface area contributed by atoms with Gasteiger partial charge in [-0.05, 0) is 17.7 Å². The van der Waals surface area contributed by atoms with Gasteiger partial charge in [-0.2, -0.15) is 0 Å². The first-order valence-corrected chi connectivity index (χ1v) is 4.93. The second kappa shape index (κ2) is 4.60. The molecule has 0 saturated carbocycles. The number of halogens is 2. The van der Waals surface area contributed by atoms with E-state index >= 15 is 0 Å². The lowest BCUT2D eigenvalue weighted by Gasteiger charge is -2.27. The fraction of sp³-hybridized carbons (Fsp3) is 0.182. The molecule has 3 N–H and O–H groups in total. The van der Waals surface area contributed by atoms with Gasteiger partial charge in [-0.25, -0.2) is 13.8 Å². The van der Waals surface area contributed by atoms with Crippen LogP contribution < -0.4 is 11.1 Å². The first-order chi connectivity index (χ1) is 8.07. The van der Waals surface area contributed by atoms with E-state index in [1.807, 2.05) is 0 Å². The van der Waals surface area contributed by atoms with Crippen molar-refractivity contribution < 1.29 is 13.5 Å². The van der Waals surface area contributed by atoms with Crippen molar-refractivity contribution in [3.63, 3.8) is 0 Å². The van der Waals surface area contributed by atoms with Crippen LogP contribution in [0, 0.1) is 5.82 Å². The van der Waals surface area contributed by atoms with Crippen molar-refractivity contribution in [2.24, 2.45) is 10.7 Å². The maximum Gasteiger partial charge on any atom is 0.297 e. The van der Waals surface area contributed by atoms with Crippen molar-refractivity contribution in [2.45, 2.75) is 12.6 Å². The van der Waals surface area contributed by atoms with E-state index in [9.17, 15) is 8.78 Å². The molecule has 4 nitrogen and oxygen atoms in total. The van der Waals surface area contributed by atoms with E-state index in [-0.39, 0.29) is 12.4 Å². The Balaban J connectivity index is 1.94. The number of benzene rings is 1. The number of nitrogens with zero attached hydrogens (tertiary/aromatic N) is 1. The molecule has 1 heterocycles. The van der Waals surface area contributed by atoms with Gasteiger partial charge in [0.15, 0.2) is 5.83 Å². The van der Waals surface area contributed by atoms with E-state index in [1.165, 1.54) is 12.1 Å². The number of aliphatic imine (C=N–C) groups is 1. The van der Waals surface area contributed by atoms with Gasteiger partial charge >= 0.3 is 0 Å². The summed E-state index contributed by atoms with van der Waals surface area (Å²) >= 11 is 0. The molecular formula is C11H11F2N3O. The summed E-state index contributed by atoms with van der Waals surface area (Å²) in [5.74, 6) is -2.34. The highest BCUT2D eigenvalue weighted by atomic mass is 19.1. The van der Waals surface area contributed by atoms with E-state index in [2.05, 4.69) is 10.3 Å². The van der Waals surface area contributed by atoms with Crippen LogP contribution in [0.5, 0.6) is 0 Å². The average molecular weight is 239 g/mol. The monoisotopic (exact) mass is 239 g/mol. The fourth-order valence-corrected chi connectivity index (χ4v) is 1.26. The van der Waals surface area contributed by atoms with Gasteiger partial charge in [0, 0.05) is 6.20 Å². The highest BCUT2D eigenvalue weighted by molar-refractivity contribution is 5.76. The van der Waals surface area contributed by atoms with Gasteiger partial charge < -0.3 is 10.1 Å². The Labute approximate surface area is 96.8 Å². The molecule has 1 aliphatic rings. The molecular weight excluding hydrogens is 228 g/mol. The Hall–Kier alpha value is -1.79. The lowest BCUT2D eigenvalue weighted by atomic mass is 10.2. The maximum atomic E-state index is 12.6. The van der Waals surface area contributed by atoms with Crippen molar-refractivity contribution in [3.8, 4) is 0 Å². The van der Waals surface area contributed by atoms with Gasteiger partial charge in [-0.1, -0.05) is 12.1 Å². The SMILES string of the molecule is NC1(OCc2ccc(F)cc2)N=CC(F)=CN1. The van der Waals surface area contributed by atoms with Gasteiger partial charge in [-0.15, -0.1) is 0 Å². The van der Waals surface area contributed by atoms with E-state index in [0.717, 1.165) is 18.0 Å². The number of hydrogen-bond acceptors (Lipinski definition) is 4. The third-order valence-electron chi connectivity index (χ3n) is 2.17. The molecule has 0 fully saturated rings. The predicted molar refractivity (Wildman–Crippen MR) is 58.9 cm³/mol. The van der Waals surface area contributed by atoms with Crippen molar-refractivity contribution in [3.05, 3.63) is 47.7 Å². The summed E-state index contributed by atoms with van der Waals surface area (Å²) < 4.78 is 30.6. The lowest BCUT2D eigenvalue weighted by Crippen LogP contribution is -2.53. The van der Waals surface area contributed by atoms with Crippen LogP contribution in [0.2, 0.25) is 0 Å². The molecule has 1 atom stereocenters. The minimum absolute atomic E-state index is 0.135. The molecule has 90 valence electrons. The topological polar surface area (TPSA) is 59.6 Å². The maximum absolute atomic E-state index is 12.6. The van der Waals surface area contributed by atoms with Crippen LogP contribution >= 0.6 is 0 Å². The largest absolute Gasteiger partial charge is 0.329 e. The fourth-order valence-electron chi connectivity index (χ4n) is 1.26. The van der Waals surface area contributed by atoms with Gasteiger partial charge in [0.25, 0.3) is 5.97 Å². The van der Waals surface area contributed by atoms with Crippen LogP contribution in [0.1, 0.15) is 5.56 Å². The summed E-state index contributed by atoms with van der Waals surface area (Å²) in [4.78, 5) is 3.68. The second-order valence-electron chi connectivity index (χ2n) is 3.54. The molecule has 0 aromatic heterocycles. The first-order valence-electron chi connectivity index (χ1n) is 4.93. The molecule has 1 aromatic rings. The summed E-state index contributed by atoms with van der Waals surface area (Å²) in [5, 5.41) is 2.47. The Morgan fingerprint density at radius 1 is 1.29 bits per heavy atom. The van der Waals surface area contributed by atoms with Gasteiger partial charge in [-0.3, -0.25) is 5.73 Å². The number of hydrogen-bond donors (Lipinski definition) is 2. The molecule has 6 heteroatoms. The molecule has 1 unspecified atom stereocenters. The molecule has 0 spiro atoms. The molecule has 0 amide bonds. The average Bonchev–Trinajstić information content (AvgIpc) is 2.33. The Morgan fingerprint density at radius 3 is 2.59 bits per heavy atom. The third kappa shape index (κ3) is 3.08. The molecule has 1 aliphatic heterocycles. The number of allylic oxidation sites excluding steroid dienone is 1. The number of ether oxygens (including phenoxy) is 1. The Kier molecular flexibility index (Phi) is 3.16. The van der Waals surface area contributed by atoms with E-state index in [4.69, 9.17) is 10.5 Å². The van der Waals surface area contributed by atoms with Crippen molar-refractivity contribution in [2.75, 3.05) is 0 Å². The summed E-state index contributed by atoms with van der Waals surface area (Å²) in [6, 6.07) is 5.78. The highest BCUT2D eigenvalue weighted by Crippen LogP contribution is 2.12. The van der Waals surface area contributed by atoms with Crippen molar-refractivity contribution in [1.82, 2.24) is 5.32 Å². The second-order valence-corrected chi connectivity index (χ2v) is 3.54. The van der Waals surface area contributed by atoms with Crippen LogP contribution in [0.15, 0.2) is 41.3 Å². The van der Waals surface area contributed by atoms with Crippen LogP contribution in [-0.2, 0) is 11.3 Å². The number of nitrogens with one attached hydrogen (secondary N) is 1. The molecule has 0 saturated heterocycles. The van der Waals surface area contributed by atoms with Crippen LogP contribution in [0.3, 0.4) is 0 Å². The zero-order chi connectivity index (χ0) is 12.3. The smallest absolute Gasteiger partial charge is 0.297 e. The minimum Gasteiger partial charge on any atom is -0.329 e. The van der Waals surface area contributed by atoms with Gasteiger partial charge in [0.05, 0.1) is 12.8 Å². The molecule has 0 aliphatic carbocycles. The Morgan fingerprint density at radius 2 is 2.00 bits per heavy atom. The zero-order valence-electron chi connectivity index (χ0n) is 8.86. The zero-order valence-corrected chi connectivity index (χ0v) is 8.86. The summed E-state index contributed by atoms with van der Waals surface area (Å²) in [7, 11) is 0. The standard InChI is InChI=1S/C11H11F2N3O/c12-9-3-1-8(2-4-9)7-17-11(14)15-5-10(13)6-16-11/h1-6,15H,7,14H2. The molecule has 0 bridgehead atoms. The lowest BCUT2D eigenvalue weighted by molar-refractivity contribution is -0.0628. The quantitative estimate of drug-likeness (QED) is 0.784. The normalized spacial score (nSPS) is 23.1. The molecule has 17 heavy (non-hydrogen) atoms. The van der Waals surface area contributed by atoms with Crippen molar-refractivity contribution in [1.29, 1.82) is 0 Å². The highest BCUT2D eigenvalue weighted by Gasteiger charge is 2.25. The summed E-state index contributed by atoms with van der Waals surface area (Å²) in [6.07, 6.45) is 2.04. The van der Waals surface area contributed by atoms with E-state index in [0.29, 0.717) is 0 Å². The minimum atomic E-state index is -1.48. The predicted octanol–water partition coefficient (Wildman–Crippen LogP) is 1.40. The van der Waals surface area contributed by atoms with Gasteiger partial charge in [0.2, 0.25) is 0 Å². The number of rotatable bonds is 3. The van der Waals surface area contributed by atoms with Gasteiger partial charge in [0.1, 0.15) is 5.82 Å². The molecule has 0 radical (unpaired) electrons. The van der Waals surface area contributed by atoms with E-state index < -0.39 is 11.8 Å². The molecule has 2 rings (SSSR count). The van der Waals surface area contributed by atoms with Crippen molar-refractivity contribution >= 4 is 6.21 Å². The third-order valence-corrected chi connectivity index (χ3v) is 2.17. The molecule has 1 aromatic carbocycles. The number of nitrogens with two attached hydrogens (primary N) is 1. The van der Waals surface area contributed by atoms with Crippen LogP contribution in [-0.4, -0.2) is 12.2 Å². The Bertz CT molecular complexity index is 458. The van der Waals surface area contributed by atoms with Crippen LogP contribution in [0.4, 0.5) is 8.78 Å². The first kappa shape index (κ1) is 11.7. The summed E-state index contributed by atoms with van der Waals surface area (Å²) in [5.41, 5.74) is 6.42. The van der Waals surface area contributed by atoms with E-state index in [1.54, 1.807) is 12.1 Å². The summed E-state index contributed by atoms with van der Waals surface area (Å²) in [6.45, 7) is 0.135. The van der Waals surface area contributed by atoms with Crippen LogP contribution in [0.25, 0.3) is 0 Å².